The van der Waals surface area contributed by atoms with Crippen molar-refractivity contribution in [2.45, 2.75) is 36.1 Å². The molecule has 0 aliphatic rings. The molecular formula is C19H23ClN2O3S2. The van der Waals surface area contributed by atoms with Crippen LogP contribution in [0.15, 0.2) is 58.3 Å². The van der Waals surface area contributed by atoms with Gasteiger partial charge >= 0.3 is 0 Å². The van der Waals surface area contributed by atoms with Crippen LogP contribution in [-0.4, -0.2) is 37.5 Å². The Morgan fingerprint density at radius 1 is 1.15 bits per heavy atom. The average molecular weight is 427 g/mol. The minimum Gasteiger partial charge on any atom is -0.326 e. The highest BCUT2D eigenvalue weighted by Gasteiger charge is 2.22. The highest BCUT2D eigenvalue weighted by atomic mass is 35.5. The number of sulfonamides is 1. The van der Waals surface area contributed by atoms with E-state index in [1.807, 2.05) is 38.1 Å². The Morgan fingerprint density at radius 2 is 1.78 bits per heavy atom. The summed E-state index contributed by atoms with van der Waals surface area (Å²) in [4.78, 5) is 13.2. The van der Waals surface area contributed by atoms with Crippen molar-refractivity contribution >= 4 is 45.0 Å². The number of nitrogens with one attached hydrogen (secondary N) is 1. The van der Waals surface area contributed by atoms with E-state index in [1.54, 1.807) is 19.2 Å². The Bertz CT molecular complexity index is 884. The standard InChI is InChI=1S/C19H23ClN2O3S2/c1-14(2)22(3)27(24,25)16-10-8-15(9-11-16)21-19(23)12-13-26-18-7-5-4-6-17(18)20/h4-11,14H,12-13H2,1-3H3,(H,21,23). The summed E-state index contributed by atoms with van der Waals surface area (Å²) in [5, 5.41) is 3.45. The lowest BCUT2D eigenvalue weighted by Gasteiger charge is -2.21. The largest absolute Gasteiger partial charge is 0.326 e. The van der Waals surface area contributed by atoms with Crippen LogP contribution in [0.25, 0.3) is 0 Å². The molecule has 0 aliphatic heterocycles. The third kappa shape index (κ3) is 5.97. The van der Waals surface area contributed by atoms with Crippen molar-refractivity contribution in [3.8, 4) is 0 Å². The van der Waals surface area contributed by atoms with Crippen LogP contribution in [0, 0.1) is 0 Å². The third-order valence-electron chi connectivity index (χ3n) is 3.97. The maximum Gasteiger partial charge on any atom is 0.243 e. The molecule has 0 unspecified atom stereocenters. The van der Waals surface area contributed by atoms with Crippen LogP contribution >= 0.6 is 23.4 Å². The van der Waals surface area contributed by atoms with Gasteiger partial charge in [0.1, 0.15) is 0 Å². The van der Waals surface area contributed by atoms with Crippen molar-refractivity contribution in [2.24, 2.45) is 0 Å². The molecule has 0 aliphatic carbocycles. The lowest BCUT2D eigenvalue weighted by atomic mass is 10.3. The zero-order valence-electron chi connectivity index (χ0n) is 15.5. The third-order valence-corrected chi connectivity index (χ3v) is 7.53. The number of hydrogen-bond acceptors (Lipinski definition) is 4. The van der Waals surface area contributed by atoms with Crippen LogP contribution < -0.4 is 5.32 Å². The van der Waals surface area contributed by atoms with Gasteiger partial charge in [-0.3, -0.25) is 4.79 Å². The fourth-order valence-corrected chi connectivity index (χ4v) is 4.75. The van der Waals surface area contributed by atoms with Gasteiger partial charge in [0.15, 0.2) is 0 Å². The molecule has 2 rings (SSSR count). The number of rotatable bonds is 8. The van der Waals surface area contributed by atoms with Crippen LogP contribution in [0.1, 0.15) is 20.3 Å². The zero-order valence-corrected chi connectivity index (χ0v) is 17.9. The van der Waals surface area contributed by atoms with Crippen molar-refractivity contribution in [1.29, 1.82) is 0 Å². The van der Waals surface area contributed by atoms with E-state index in [1.165, 1.54) is 28.2 Å². The Kier molecular flexibility index (Phi) is 7.73. The summed E-state index contributed by atoms with van der Waals surface area (Å²) in [6.07, 6.45) is 0.325. The van der Waals surface area contributed by atoms with Gasteiger partial charge < -0.3 is 5.32 Å². The van der Waals surface area contributed by atoms with Gasteiger partial charge in [-0.25, -0.2) is 8.42 Å². The minimum absolute atomic E-state index is 0.134. The number of hydrogen-bond donors (Lipinski definition) is 1. The summed E-state index contributed by atoms with van der Waals surface area (Å²) in [5.41, 5.74) is 0.564. The molecule has 0 saturated carbocycles. The van der Waals surface area contributed by atoms with Crippen LogP contribution in [0.3, 0.4) is 0 Å². The summed E-state index contributed by atoms with van der Waals surface area (Å²) >= 11 is 7.61. The van der Waals surface area contributed by atoms with Crippen LogP contribution in [-0.2, 0) is 14.8 Å². The first kappa shape index (κ1) is 21.8. The normalized spacial score (nSPS) is 11.8. The molecule has 1 N–H and O–H groups in total. The fourth-order valence-electron chi connectivity index (χ4n) is 2.19. The van der Waals surface area contributed by atoms with Gasteiger partial charge in [-0.15, -0.1) is 11.8 Å². The molecule has 1 amide bonds. The maximum absolute atomic E-state index is 12.4. The molecule has 146 valence electrons. The van der Waals surface area contributed by atoms with Gasteiger partial charge in [0.2, 0.25) is 15.9 Å². The van der Waals surface area contributed by atoms with E-state index < -0.39 is 10.0 Å². The van der Waals surface area contributed by atoms with Gasteiger partial charge in [-0.1, -0.05) is 23.7 Å². The van der Waals surface area contributed by atoms with Crippen LogP contribution in [0.4, 0.5) is 5.69 Å². The molecular weight excluding hydrogens is 404 g/mol. The zero-order chi connectivity index (χ0) is 20.0. The highest BCUT2D eigenvalue weighted by molar-refractivity contribution is 7.99. The predicted molar refractivity (Wildman–Crippen MR) is 112 cm³/mol. The number of benzene rings is 2. The molecule has 0 fully saturated rings. The topological polar surface area (TPSA) is 66.5 Å². The number of carbonyl (C=O) groups excluding carboxylic acids is 1. The summed E-state index contributed by atoms with van der Waals surface area (Å²) in [7, 11) is -1.98. The minimum atomic E-state index is -3.53. The van der Waals surface area contributed by atoms with E-state index in [2.05, 4.69) is 5.32 Å². The molecule has 0 saturated heterocycles. The smallest absolute Gasteiger partial charge is 0.243 e. The molecule has 2 aromatic carbocycles. The monoisotopic (exact) mass is 426 g/mol. The molecule has 0 atom stereocenters. The number of carbonyl (C=O) groups is 1. The van der Waals surface area contributed by atoms with Gasteiger partial charge in [0.25, 0.3) is 0 Å². The number of anilines is 1. The molecule has 0 aromatic heterocycles. The summed E-state index contributed by atoms with van der Waals surface area (Å²) < 4.78 is 26.2. The van der Waals surface area contributed by atoms with Crippen molar-refractivity contribution in [3.05, 3.63) is 53.6 Å². The van der Waals surface area contributed by atoms with Crippen molar-refractivity contribution in [3.63, 3.8) is 0 Å². The lowest BCUT2D eigenvalue weighted by molar-refractivity contribution is -0.115. The SMILES string of the molecule is CC(C)N(C)S(=O)(=O)c1ccc(NC(=O)CCSc2ccccc2Cl)cc1. The van der Waals surface area contributed by atoms with Crippen molar-refractivity contribution in [2.75, 3.05) is 18.1 Å². The fraction of sp³-hybridized carbons (Fsp3) is 0.316. The first-order valence-electron chi connectivity index (χ1n) is 8.47. The number of nitrogens with zero attached hydrogens (tertiary/aromatic N) is 1. The number of thioether (sulfide) groups is 1. The van der Waals surface area contributed by atoms with Crippen LogP contribution in [0.5, 0.6) is 0 Å². The maximum atomic E-state index is 12.4. The van der Waals surface area contributed by atoms with E-state index in [9.17, 15) is 13.2 Å². The summed E-state index contributed by atoms with van der Waals surface area (Å²) in [6.45, 7) is 3.62. The Hall–Kier alpha value is -1.54. The summed E-state index contributed by atoms with van der Waals surface area (Å²) in [5.74, 6) is 0.464. The Labute approximate surface area is 170 Å². The molecule has 0 heterocycles. The van der Waals surface area contributed by atoms with Gasteiger partial charge in [0.05, 0.1) is 9.92 Å². The molecule has 0 spiro atoms. The van der Waals surface area contributed by atoms with Gasteiger partial charge in [-0.05, 0) is 50.2 Å². The van der Waals surface area contributed by atoms with Gasteiger partial charge in [0, 0.05) is 35.8 Å². The van der Waals surface area contributed by atoms with Gasteiger partial charge in [-0.2, -0.15) is 4.31 Å². The van der Waals surface area contributed by atoms with E-state index >= 15 is 0 Å². The first-order valence-corrected chi connectivity index (χ1v) is 11.3. The quantitative estimate of drug-likeness (QED) is 0.631. The molecule has 2 aromatic rings. The van der Waals surface area contributed by atoms with E-state index in [-0.39, 0.29) is 16.8 Å². The second kappa shape index (κ2) is 9.59. The molecule has 5 nitrogen and oxygen atoms in total. The molecule has 27 heavy (non-hydrogen) atoms. The van der Waals surface area contributed by atoms with E-state index in [4.69, 9.17) is 11.6 Å². The van der Waals surface area contributed by atoms with Crippen LogP contribution in [0.2, 0.25) is 5.02 Å². The number of amides is 1. The van der Waals surface area contributed by atoms with E-state index in [0.29, 0.717) is 22.9 Å². The van der Waals surface area contributed by atoms with E-state index in [0.717, 1.165) is 4.90 Å². The average Bonchev–Trinajstić information content (AvgIpc) is 2.63. The summed E-state index contributed by atoms with van der Waals surface area (Å²) in [6, 6.07) is 13.6. The molecule has 8 heteroatoms. The first-order chi connectivity index (χ1) is 12.7. The predicted octanol–water partition coefficient (Wildman–Crippen LogP) is 4.49. The lowest BCUT2D eigenvalue weighted by Crippen LogP contribution is -2.33. The van der Waals surface area contributed by atoms with Crippen molar-refractivity contribution < 1.29 is 13.2 Å². The highest BCUT2D eigenvalue weighted by Crippen LogP contribution is 2.27. The molecule has 0 radical (unpaired) electrons. The Balaban J connectivity index is 1.90. The second-order valence-electron chi connectivity index (χ2n) is 6.22. The van der Waals surface area contributed by atoms with Crippen molar-refractivity contribution in [1.82, 2.24) is 4.31 Å². The second-order valence-corrected chi connectivity index (χ2v) is 9.76. The number of halogens is 1. The Morgan fingerprint density at radius 3 is 2.37 bits per heavy atom. The molecule has 0 bridgehead atoms.